The van der Waals surface area contributed by atoms with Gasteiger partial charge < -0.3 is 15.2 Å². The average molecular weight is 298 g/mol. The third-order valence-electron chi connectivity index (χ3n) is 1.61. The molecule has 0 aromatic carbocycles. The number of sulfone groups is 1. The molecular weight excluding hydrogens is 284 g/mol. The molecule has 0 aliphatic rings. The van der Waals surface area contributed by atoms with Crippen molar-refractivity contribution < 1.29 is 26.8 Å². The minimum Gasteiger partial charge on any atom is -0.353 e. The Kier molecular flexibility index (Phi) is 7.39. The zero-order chi connectivity index (χ0) is 14.2. The zero-order valence-electron chi connectivity index (χ0n) is 9.42. The number of hydrogen-bond donors (Lipinski definition) is 3. The van der Waals surface area contributed by atoms with E-state index >= 15 is 0 Å². The second-order valence-corrected chi connectivity index (χ2v) is 6.02. The van der Waals surface area contributed by atoms with Crippen LogP contribution in [0, 0.1) is 0 Å². The Balaban J connectivity index is 3.80. The van der Waals surface area contributed by atoms with Gasteiger partial charge in [-0.05, 0) is 0 Å². The van der Waals surface area contributed by atoms with Crippen molar-refractivity contribution in [2.45, 2.75) is 0 Å². The summed E-state index contributed by atoms with van der Waals surface area (Å²) in [5.41, 5.74) is 0. The fraction of sp³-hybridized carbons (Fsp3) is 0.500. The fourth-order valence-corrected chi connectivity index (χ4v) is 1.77. The second kappa shape index (κ2) is 7.95. The molecule has 0 saturated carbocycles. The third-order valence-corrected chi connectivity index (χ3v) is 3.29. The molecule has 0 radical (unpaired) electrons. The van der Waals surface area contributed by atoms with Crippen LogP contribution in [0.1, 0.15) is 0 Å². The maximum Gasteiger partial charge on any atom is 0.235 e. The number of amides is 2. The second-order valence-electron chi connectivity index (χ2n) is 3.14. The van der Waals surface area contributed by atoms with E-state index in [-0.39, 0.29) is 13.1 Å². The van der Waals surface area contributed by atoms with Crippen molar-refractivity contribution in [2.24, 2.45) is 0 Å². The first-order valence-corrected chi connectivity index (χ1v) is 7.72. The van der Waals surface area contributed by atoms with Crippen molar-refractivity contribution in [1.29, 1.82) is 0 Å². The van der Waals surface area contributed by atoms with Crippen molar-refractivity contribution in [1.82, 2.24) is 10.6 Å². The molecule has 0 bridgehead atoms. The Labute approximate surface area is 107 Å². The van der Waals surface area contributed by atoms with Crippen molar-refractivity contribution in [3.63, 3.8) is 0 Å². The maximum absolute atomic E-state index is 11.1. The summed E-state index contributed by atoms with van der Waals surface area (Å²) in [6, 6.07) is 0. The SMILES string of the molecule is C=CS(=O)(=O)CC(=O)NCCNC(=O)CS(=O)O. The topological polar surface area (TPSA) is 130 Å². The van der Waals surface area contributed by atoms with Crippen LogP contribution in [0.3, 0.4) is 0 Å². The van der Waals surface area contributed by atoms with E-state index in [1.54, 1.807) is 0 Å². The molecule has 0 fully saturated rings. The molecule has 3 N–H and O–H groups in total. The van der Waals surface area contributed by atoms with Crippen molar-refractivity contribution in [2.75, 3.05) is 24.6 Å². The highest BCUT2D eigenvalue weighted by molar-refractivity contribution is 7.94. The molecular formula is C8H14N2O6S2. The van der Waals surface area contributed by atoms with Gasteiger partial charge in [0.05, 0.1) is 0 Å². The van der Waals surface area contributed by atoms with Gasteiger partial charge in [-0.15, -0.1) is 0 Å². The number of rotatable bonds is 8. The molecule has 1 atom stereocenters. The normalized spacial score (nSPS) is 12.5. The van der Waals surface area contributed by atoms with E-state index in [2.05, 4.69) is 17.2 Å². The molecule has 2 amide bonds. The van der Waals surface area contributed by atoms with Crippen LogP contribution in [-0.4, -0.2) is 53.6 Å². The lowest BCUT2D eigenvalue weighted by Crippen LogP contribution is -2.38. The van der Waals surface area contributed by atoms with Crippen LogP contribution in [0.5, 0.6) is 0 Å². The highest BCUT2D eigenvalue weighted by Gasteiger charge is 2.12. The lowest BCUT2D eigenvalue weighted by molar-refractivity contribution is -0.120. The van der Waals surface area contributed by atoms with Gasteiger partial charge in [0.2, 0.25) is 11.8 Å². The quantitative estimate of drug-likeness (QED) is 0.351. The summed E-state index contributed by atoms with van der Waals surface area (Å²) in [6.07, 6.45) is 0. The highest BCUT2D eigenvalue weighted by Crippen LogP contribution is 1.89. The molecule has 0 rings (SSSR count). The smallest absolute Gasteiger partial charge is 0.235 e. The Morgan fingerprint density at radius 3 is 2.17 bits per heavy atom. The standard InChI is InChI=1S/C8H14N2O6S2/c1-2-18(15,16)6-8(12)10-4-3-9-7(11)5-17(13)14/h2H,1,3-6H2,(H,9,11)(H,10,12)(H,13,14). The minimum atomic E-state index is -3.60. The predicted octanol–water partition coefficient (Wildman–Crippen LogP) is -2.00. The molecule has 18 heavy (non-hydrogen) atoms. The number of carbonyl (C=O) groups is 2. The molecule has 8 nitrogen and oxygen atoms in total. The van der Waals surface area contributed by atoms with Crippen molar-refractivity contribution in [3.8, 4) is 0 Å². The molecule has 0 aromatic heterocycles. The molecule has 0 heterocycles. The van der Waals surface area contributed by atoms with Crippen LogP contribution in [0.4, 0.5) is 0 Å². The van der Waals surface area contributed by atoms with Gasteiger partial charge >= 0.3 is 0 Å². The van der Waals surface area contributed by atoms with Crippen LogP contribution in [0.2, 0.25) is 0 Å². The van der Waals surface area contributed by atoms with E-state index in [0.717, 1.165) is 0 Å². The lowest BCUT2D eigenvalue weighted by atomic mass is 10.5. The van der Waals surface area contributed by atoms with Crippen LogP contribution in [0.15, 0.2) is 12.0 Å². The molecule has 0 saturated heterocycles. The first kappa shape index (κ1) is 16.7. The fourth-order valence-electron chi connectivity index (χ4n) is 0.860. The summed E-state index contributed by atoms with van der Waals surface area (Å²) in [5, 5.41) is 5.22. The van der Waals surface area contributed by atoms with E-state index < -0.39 is 44.2 Å². The van der Waals surface area contributed by atoms with Crippen LogP contribution in [-0.2, 0) is 30.5 Å². The van der Waals surface area contributed by atoms with Crippen LogP contribution in [0.25, 0.3) is 0 Å². The molecule has 0 aliphatic heterocycles. The number of carbonyl (C=O) groups excluding carboxylic acids is 2. The van der Waals surface area contributed by atoms with Crippen LogP contribution >= 0.6 is 0 Å². The van der Waals surface area contributed by atoms with Crippen molar-refractivity contribution in [3.05, 3.63) is 12.0 Å². The Morgan fingerprint density at radius 2 is 1.72 bits per heavy atom. The summed E-state index contributed by atoms with van der Waals surface area (Å²) in [5.74, 6) is -2.59. The molecule has 10 heteroatoms. The largest absolute Gasteiger partial charge is 0.353 e. The Hall–Kier alpha value is -1.26. The predicted molar refractivity (Wildman–Crippen MR) is 65.6 cm³/mol. The van der Waals surface area contributed by atoms with E-state index in [0.29, 0.717) is 5.41 Å². The summed E-state index contributed by atoms with van der Waals surface area (Å²) in [7, 11) is -3.60. The lowest BCUT2D eigenvalue weighted by Gasteiger charge is -2.05. The molecule has 0 spiro atoms. The molecule has 1 unspecified atom stereocenters. The van der Waals surface area contributed by atoms with Gasteiger partial charge in [-0.2, -0.15) is 0 Å². The first-order valence-electron chi connectivity index (χ1n) is 4.73. The molecule has 0 aromatic rings. The van der Waals surface area contributed by atoms with Gasteiger partial charge in [0.15, 0.2) is 20.9 Å². The number of hydrogen-bond acceptors (Lipinski definition) is 5. The average Bonchev–Trinajstić information content (AvgIpc) is 2.23. The first-order chi connectivity index (χ1) is 8.26. The van der Waals surface area contributed by atoms with E-state index in [4.69, 9.17) is 4.55 Å². The summed E-state index contributed by atoms with van der Waals surface area (Å²) in [4.78, 5) is 22.0. The van der Waals surface area contributed by atoms with Gasteiger partial charge in [0.25, 0.3) is 0 Å². The zero-order valence-corrected chi connectivity index (χ0v) is 11.1. The maximum atomic E-state index is 11.1. The Bertz CT molecular complexity index is 445. The van der Waals surface area contributed by atoms with Gasteiger partial charge in [-0.25, -0.2) is 12.6 Å². The minimum absolute atomic E-state index is 0.0231. The molecule has 104 valence electrons. The summed E-state index contributed by atoms with van der Waals surface area (Å²) in [6.45, 7) is 3.12. The third kappa shape index (κ3) is 8.84. The van der Waals surface area contributed by atoms with Crippen LogP contribution < -0.4 is 10.6 Å². The molecule has 0 aliphatic carbocycles. The van der Waals surface area contributed by atoms with Gasteiger partial charge in [0.1, 0.15) is 11.5 Å². The van der Waals surface area contributed by atoms with Crippen molar-refractivity contribution >= 4 is 32.7 Å². The number of nitrogens with one attached hydrogen (secondary N) is 2. The van der Waals surface area contributed by atoms with Gasteiger partial charge in [-0.3, -0.25) is 9.59 Å². The van der Waals surface area contributed by atoms with Gasteiger partial charge in [-0.1, -0.05) is 6.58 Å². The highest BCUT2D eigenvalue weighted by atomic mass is 32.2. The van der Waals surface area contributed by atoms with Gasteiger partial charge in [0, 0.05) is 18.5 Å². The Morgan fingerprint density at radius 1 is 1.22 bits per heavy atom. The summed E-state index contributed by atoms with van der Waals surface area (Å²) >= 11 is -2.21. The van der Waals surface area contributed by atoms with E-state index in [1.807, 2.05) is 0 Å². The summed E-state index contributed by atoms with van der Waals surface area (Å²) < 4.78 is 40.6. The monoisotopic (exact) mass is 298 g/mol. The van der Waals surface area contributed by atoms with E-state index in [1.165, 1.54) is 0 Å². The van der Waals surface area contributed by atoms with E-state index in [9.17, 15) is 22.2 Å².